The Morgan fingerprint density at radius 2 is 1.46 bits per heavy atom. The molecule has 0 bridgehead atoms. The second kappa shape index (κ2) is 11.4. The zero-order valence-electron chi connectivity index (χ0n) is 20.7. The van der Waals surface area contributed by atoms with Crippen molar-refractivity contribution in [3.63, 3.8) is 0 Å². The third kappa shape index (κ3) is 6.16. The van der Waals surface area contributed by atoms with Crippen molar-refractivity contribution in [2.75, 3.05) is 43.0 Å². The average molecular weight is 496 g/mol. The number of para-hydroxylation sites is 1. The lowest BCUT2D eigenvalue weighted by molar-refractivity contribution is 0.208. The van der Waals surface area contributed by atoms with Crippen LogP contribution in [0.5, 0.6) is 17.2 Å². The van der Waals surface area contributed by atoms with Crippen molar-refractivity contribution in [3.05, 3.63) is 91.0 Å². The van der Waals surface area contributed by atoms with Crippen molar-refractivity contribution in [3.8, 4) is 28.5 Å². The molecule has 1 aliphatic rings. The molecule has 2 amide bonds. The van der Waals surface area contributed by atoms with Gasteiger partial charge in [-0.15, -0.1) is 10.2 Å². The van der Waals surface area contributed by atoms with Crippen LogP contribution in [-0.2, 0) is 0 Å². The highest BCUT2D eigenvalue weighted by Gasteiger charge is 2.22. The van der Waals surface area contributed by atoms with Crippen LogP contribution >= 0.6 is 0 Å². The third-order valence-corrected chi connectivity index (χ3v) is 6.09. The fraction of sp³-hybridized carbons (Fsp3) is 0.207. The fourth-order valence-electron chi connectivity index (χ4n) is 4.11. The summed E-state index contributed by atoms with van der Waals surface area (Å²) in [5.41, 5.74) is 2.53. The van der Waals surface area contributed by atoms with Gasteiger partial charge in [-0.3, -0.25) is 0 Å². The zero-order valence-corrected chi connectivity index (χ0v) is 20.7. The molecule has 3 aromatic carbocycles. The lowest BCUT2D eigenvalue weighted by Crippen LogP contribution is -2.50. The molecule has 37 heavy (non-hydrogen) atoms. The molecule has 0 radical (unpaired) electrons. The van der Waals surface area contributed by atoms with Crippen molar-refractivity contribution in [2.45, 2.75) is 6.92 Å². The molecule has 1 N–H and O–H groups in total. The van der Waals surface area contributed by atoms with Crippen LogP contribution in [-0.4, -0.2) is 53.9 Å². The molecule has 1 aliphatic heterocycles. The molecule has 1 aromatic heterocycles. The molecule has 0 saturated carbocycles. The maximum atomic E-state index is 12.8. The number of piperazine rings is 1. The van der Waals surface area contributed by atoms with Crippen LogP contribution in [0.25, 0.3) is 11.3 Å². The Hall–Kier alpha value is -4.59. The van der Waals surface area contributed by atoms with Gasteiger partial charge in [-0.25, -0.2) is 4.79 Å². The Bertz CT molecular complexity index is 1290. The van der Waals surface area contributed by atoms with Crippen LogP contribution < -0.4 is 19.7 Å². The molecular formula is C29H29N5O3. The number of carbonyl (C=O) groups excluding carboxylic acids is 1. The summed E-state index contributed by atoms with van der Waals surface area (Å²) in [6.07, 6.45) is 0. The lowest BCUT2D eigenvalue weighted by atomic mass is 10.1. The molecule has 0 aliphatic carbocycles. The maximum Gasteiger partial charge on any atom is 0.321 e. The van der Waals surface area contributed by atoms with E-state index in [1.165, 1.54) is 0 Å². The van der Waals surface area contributed by atoms with Gasteiger partial charge in [0.25, 0.3) is 0 Å². The Morgan fingerprint density at radius 1 is 0.784 bits per heavy atom. The first-order chi connectivity index (χ1) is 18.2. The summed E-state index contributed by atoms with van der Waals surface area (Å²) in [4.78, 5) is 16.7. The van der Waals surface area contributed by atoms with E-state index in [-0.39, 0.29) is 6.03 Å². The smallest absolute Gasteiger partial charge is 0.321 e. The van der Waals surface area contributed by atoms with E-state index < -0.39 is 0 Å². The first-order valence-electron chi connectivity index (χ1n) is 12.4. The topological polar surface area (TPSA) is 79.8 Å². The first kappa shape index (κ1) is 24.1. The van der Waals surface area contributed by atoms with Gasteiger partial charge < -0.3 is 24.6 Å². The van der Waals surface area contributed by atoms with Crippen molar-refractivity contribution < 1.29 is 14.3 Å². The molecule has 8 nitrogen and oxygen atoms in total. The van der Waals surface area contributed by atoms with Crippen LogP contribution in [0.2, 0.25) is 0 Å². The van der Waals surface area contributed by atoms with Gasteiger partial charge >= 0.3 is 6.03 Å². The molecule has 0 unspecified atom stereocenters. The Kier molecular flexibility index (Phi) is 7.45. The van der Waals surface area contributed by atoms with Gasteiger partial charge in [0.05, 0.1) is 12.3 Å². The van der Waals surface area contributed by atoms with E-state index in [0.717, 1.165) is 34.3 Å². The number of ether oxygens (including phenoxy) is 2. The summed E-state index contributed by atoms with van der Waals surface area (Å²) in [7, 11) is 0. The number of benzene rings is 3. The fourth-order valence-corrected chi connectivity index (χ4v) is 4.11. The van der Waals surface area contributed by atoms with Crippen molar-refractivity contribution in [1.29, 1.82) is 0 Å². The highest BCUT2D eigenvalue weighted by molar-refractivity contribution is 5.89. The van der Waals surface area contributed by atoms with Crippen molar-refractivity contribution in [2.24, 2.45) is 0 Å². The summed E-state index contributed by atoms with van der Waals surface area (Å²) in [6, 6.07) is 28.6. The number of hydrogen-bond acceptors (Lipinski definition) is 6. The lowest BCUT2D eigenvalue weighted by Gasteiger charge is -2.35. The van der Waals surface area contributed by atoms with E-state index in [0.29, 0.717) is 38.5 Å². The second-order valence-electron chi connectivity index (χ2n) is 8.58. The van der Waals surface area contributed by atoms with Crippen LogP contribution in [0, 0.1) is 0 Å². The molecule has 1 fully saturated rings. The van der Waals surface area contributed by atoms with Crippen molar-refractivity contribution >= 4 is 17.5 Å². The number of carbonyl (C=O) groups is 1. The van der Waals surface area contributed by atoms with Crippen LogP contribution in [0.3, 0.4) is 0 Å². The number of nitrogens with one attached hydrogen (secondary N) is 1. The van der Waals surface area contributed by atoms with E-state index in [1.54, 1.807) is 0 Å². The zero-order chi connectivity index (χ0) is 25.5. The molecule has 8 heteroatoms. The number of rotatable bonds is 7. The van der Waals surface area contributed by atoms with Gasteiger partial charge in [0.15, 0.2) is 5.82 Å². The summed E-state index contributed by atoms with van der Waals surface area (Å²) >= 11 is 0. The Balaban J connectivity index is 1.11. The number of urea groups is 1. The van der Waals surface area contributed by atoms with E-state index in [1.807, 2.05) is 103 Å². The van der Waals surface area contributed by atoms with Gasteiger partial charge in [-0.1, -0.05) is 18.2 Å². The van der Waals surface area contributed by atoms with Gasteiger partial charge in [0, 0.05) is 37.4 Å². The predicted octanol–water partition coefficient (Wildman–Crippen LogP) is 5.69. The molecule has 2 heterocycles. The number of nitrogens with zero attached hydrogens (tertiary/aromatic N) is 4. The van der Waals surface area contributed by atoms with Gasteiger partial charge in [-0.2, -0.15) is 0 Å². The largest absolute Gasteiger partial charge is 0.494 e. The summed E-state index contributed by atoms with van der Waals surface area (Å²) < 4.78 is 11.3. The maximum absolute atomic E-state index is 12.8. The number of aromatic nitrogens is 2. The van der Waals surface area contributed by atoms with E-state index in [9.17, 15) is 4.79 Å². The minimum atomic E-state index is -0.117. The predicted molar refractivity (Wildman–Crippen MR) is 144 cm³/mol. The summed E-state index contributed by atoms with van der Waals surface area (Å²) in [5, 5.41) is 11.8. The second-order valence-corrected chi connectivity index (χ2v) is 8.58. The van der Waals surface area contributed by atoms with E-state index in [4.69, 9.17) is 9.47 Å². The number of hydrogen-bond donors (Lipinski definition) is 1. The highest BCUT2D eigenvalue weighted by Crippen LogP contribution is 2.24. The van der Waals surface area contributed by atoms with E-state index >= 15 is 0 Å². The Morgan fingerprint density at radius 3 is 2.11 bits per heavy atom. The van der Waals surface area contributed by atoms with Gasteiger partial charge in [-0.05, 0) is 79.7 Å². The molecular weight excluding hydrogens is 466 g/mol. The van der Waals surface area contributed by atoms with E-state index in [2.05, 4.69) is 20.4 Å². The summed E-state index contributed by atoms with van der Waals surface area (Å²) in [6.45, 7) is 5.18. The van der Waals surface area contributed by atoms with Crippen LogP contribution in [0.4, 0.5) is 16.3 Å². The monoisotopic (exact) mass is 495 g/mol. The molecule has 0 spiro atoms. The van der Waals surface area contributed by atoms with Gasteiger partial charge in [0.1, 0.15) is 17.2 Å². The molecule has 0 atom stereocenters. The average Bonchev–Trinajstić information content (AvgIpc) is 2.95. The Labute approximate surface area is 216 Å². The normalized spacial score (nSPS) is 13.2. The van der Waals surface area contributed by atoms with Crippen LogP contribution in [0.15, 0.2) is 91.0 Å². The summed E-state index contributed by atoms with van der Waals surface area (Å²) in [5.74, 6) is 3.13. The minimum absolute atomic E-state index is 0.117. The molecule has 5 rings (SSSR count). The third-order valence-electron chi connectivity index (χ3n) is 6.09. The van der Waals surface area contributed by atoms with Gasteiger partial charge in [0.2, 0.25) is 0 Å². The van der Waals surface area contributed by atoms with Crippen LogP contribution in [0.1, 0.15) is 6.92 Å². The SMILES string of the molecule is CCOc1ccc(-c2ccc(N3CCN(C(=O)Nc4ccc(Oc5ccccc5)cc4)CC3)nn2)cc1. The molecule has 188 valence electrons. The standard InChI is InChI=1S/C29H29N5O3/c1-2-36-24-12-8-22(9-13-24)27-16-17-28(32-31-27)33-18-20-34(21-19-33)29(35)30-23-10-14-26(15-11-23)37-25-6-4-3-5-7-25/h3-17H,2,18-21H2,1H3,(H,30,35). The molecule has 4 aromatic rings. The number of anilines is 2. The number of amides is 2. The van der Waals surface area contributed by atoms with Crippen molar-refractivity contribution in [1.82, 2.24) is 15.1 Å². The first-order valence-corrected chi connectivity index (χ1v) is 12.4. The molecule has 1 saturated heterocycles. The quantitative estimate of drug-likeness (QED) is 0.355. The minimum Gasteiger partial charge on any atom is -0.494 e. The highest BCUT2D eigenvalue weighted by atomic mass is 16.5.